The number of hydrogen-bond donors (Lipinski definition) is 0. The Hall–Kier alpha value is -1.65. The Labute approximate surface area is 119 Å². The molecule has 20 heavy (non-hydrogen) atoms. The van der Waals surface area contributed by atoms with Gasteiger partial charge in [-0.15, -0.1) is 0 Å². The molecule has 0 bridgehead atoms. The fourth-order valence-electron chi connectivity index (χ4n) is 2.22. The molecular formula is C13H18N4O2S. The van der Waals surface area contributed by atoms with E-state index in [1.165, 1.54) is 6.20 Å². The smallest absolute Gasteiger partial charge is 0.214 e. The summed E-state index contributed by atoms with van der Waals surface area (Å²) in [6.45, 7) is 4.10. The molecule has 0 radical (unpaired) electrons. The molecule has 0 aromatic carbocycles. The molecule has 1 fully saturated rings. The van der Waals surface area contributed by atoms with Crippen LogP contribution in [0.5, 0.6) is 0 Å². The number of sulfonamides is 1. The van der Waals surface area contributed by atoms with Gasteiger partial charge in [-0.25, -0.2) is 13.4 Å². The lowest BCUT2D eigenvalue weighted by Gasteiger charge is -2.34. The highest BCUT2D eigenvalue weighted by molar-refractivity contribution is 7.89. The number of nitrogens with zero attached hydrogens (tertiary/aromatic N) is 4. The van der Waals surface area contributed by atoms with E-state index in [0.717, 1.165) is 5.82 Å². The van der Waals surface area contributed by atoms with E-state index < -0.39 is 10.0 Å². The van der Waals surface area contributed by atoms with Gasteiger partial charge in [-0.05, 0) is 18.6 Å². The summed E-state index contributed by atoms with van der Waals surface area (Å²) in [5, 5.41) is 8.74. The van der Waals surface area contributed by atoms with Crippen molar-refractivity contribution >= 4 is 15.8 Å². The quantitative estimate of drug-likeness (QED) is 0.821. The second-order valence-electron chi connectivity index (χ2n) is 4.72. The van der Waals surface area contributed by atoms with Crippen LogP contribution >= 0.6 is 0 Å². The lowest BCUT2D eigenvalue weighted by atomic mass is 10.3. The highest BCUT2D eigenvalue weighted by atomic mass is 32.2. The van der Waals surface area contributed by atoms with E-state index in [4.69, 9.17) is 5.26 Å². The minimum atomic E-state index is -3.11. The van der Waals surface area contributed by atoms with E-state index in [9.17, 15) is 8.42 Å². The molecule has 2 rings (SSSR count). The van der Waals surface area contributed by atoms with Crippen molar-refractivity contribution in [2.45, 2.75) is 13.3 Å². The number of nitriles is 1. The van der Waals surface area contributed by atoms with Crippen LogP contribution in [0.15, 0.2) is 18.3 Å². The molecule has 0 N–H and O–H groups in total. The maximum atomic E-state index is 12.0. The van der Waals surface area contributed by atoms with E-state index >= 15 is 0 Å². The van der Waals surface area contributed by atoms with E-state index in [1.807, 2.05) is 17.9 Å². The van der Waals surface area contributed by atoms with E-state index in [1.54, 1.807) is 16.4 Å². The number of hydrogen-bond acceptors (Lipinski definition) is 5. The van der Waals surface area contributed by atoms with Gasteiger partial charge in [-0.2, -0.15) is 9.57 Å². The van der Waals surface area contributed by atoms with Crippen LogP contribution in [0.2, 0.25) is 0 Å². The van der Waals surface area contributed by atoms with Gasteiger partial charge in [0.2, 0.25) is 10.0 Å². The van der Waals surface area contributed by atoms with E-state index in [-0.39, 0.29) is 5.75 Å². The van der Waals surface area contributed by atoms with Crippen LogP contribution in [0, 0.1) is 11.3 Å². The predicted octanol–water partition coefficient (Wildman–Crippen LogP) is 0.815. The van der Waals surface area contributed by atoms with Gasteiger partial charge < -0.3 is 4.90 Å². The van der Waals surface area contributed by atoms with Gasteiger partial charge >= 0.3 is 0 Å². The Morgan fingerprint density at radius 1 is 1.30 bits per heavy atom. The minimum Gasteiger partial charge on any atom is -0.354 e. The normalized spacial score (nSPS) is 16.9. The molecular weight excluding hydrogens is 276 g/mol. The Kier molecular flexibility index (Phi) is 4.57. The summed E-state index contributed by atoms with van der Waals surface area (Å²) in [7, 11) is -3.11. The largest absolute Gasteiger partial charge is 0.354 e. The van der Waals surface area contributed by atoms with Crippen molar-refractivity contribution in [3.8, 4) is 6.07 Å². The second-order valence-corrected chi connectivity index (χ2v) is 6.81. The molecule has 6 nitrogen and oxygen atoms in total. The third kappa shape index (κ3) is 3.26. The van der Waals surface area contributed by atoms with Crippen LogP contribution in [-0.2, 0) is 10.0 Å². The minimum absolute atomic E-state index is 0.210. The lowest BCUT2D eigenvalue weighted by molar-refractivity contribution is 0.383. The number of pyridine rings is 1. The molecule has 2 heterocycles. The molecule has 1 aromatic rings. The van der Waals surface area contributed by atoms with E-state index in [0.29, 0.717) is 38.2 Å². The molecule has 0 atom stereocenters. The fraction of sp³-hybridized carbons (Fsp3) is 0.538. The van der Waals surface area contributed by atoms with Crippen molar-refractivity contribution < 1.29 is 8.42 Å². The van der Waals surface area contributed by atoms with Crippen molar-refractivity contribution in [1.82, 2.24) is 9.29 Å². The summed E-state index contributed by atoms with van der Waals surface area (Å²) in [6, 6.07) is 5.55. The van der Waals surface area contributed by atoms with Crippen LogP contribution < -0.4 is 4.90 Å². The van der Waals surface area contributed by atoms with Gasteiger partial charge in [0, 0.05) is 32.4 Å². The summed E-state index contributed by atoms with van der Waals surface area (Å²) in [5.41, 5.74) is 0.526. The first-order valence-corrected chi connectivity index (χ1v) is 8.26. The first kappa shape index (κ1) is 14.8. The van der Waals surface area contributed by atoms with Gasteiger partial charge in [0.25, 0.3) is 0 Å². The predicted molar refractivity (Wildman–Crippen MR) is 76.8 cm³/mol. The van der Waals surface area contributed by atoms with Gasteiger partial charge in [-0.3, -0.25) is 0 Å². The van der Waals surface area contributed by atoms with Gasteiger partial charge in [0.15, 0.2) is 0 Å². The monoisotopic (exact) mass is 294 g/mol. The highest BCUT2D eigenvalue weighted by Gasteiger charge is 2.26. The number of aromatic nitrogens is 1. The van der Waals surface area contributed by atoms with Crippen molar-refractivity contribution in [3.63, 3.8) is 0 Å². The van der Waals surface area contributed by atoms with Crippen LogP contribution in [0.4, 0.5) is 5.82 Å². The number of rotatable bonds is 4. The first-order valence-electron chi connectivity index (χ1n) is 6.65. The first-order chi connectivity index (χ1) is 9.56. The summed E-state index contributed by atoms with van der Waals surface area (Å²) >= 11 is 0. The van der Waals surface area contributed by atoms with Crippen molar-refractivity contribution in [3.05, 3.63) is 23.9 Å². The zero-order valence-electron chi connectivity index (χ0n) is 11.5. The Balaban J connectivity index is 1.99. The molecule has 1 saturated heterocycles. The van der Waals surface area contributed by atoms with Gasteiger partial charge in [0.1, 0.15) is 11.9 Å². The Morgan fingerprint density at radius 3 is 2.50 bits per heavy atom. The SMILES string of the molecule is CCCS(=O)(=O)N1CCN(c2ccc(C#N)cn2)CC1. The molecule has 0 spiro atoms. The second kappa shape index (κ2) is 6.20. The van der Waals surface area contributed by atoms with Crippen molar-refractivity contribution in [2.24, 2.45) is 0 Å². The number of anilines is 1. The van der Waals surface area contributed by atoms with Crippen LogP contribution in [0.3, 0.4) is 0 Å². The molecule has 1 aromatic heterocycles. The Bertz CT molecular complexity index is 584. The molecule has 0 saturated carbocycles. The Morgan fingerprint density at radius 2 is 2.00 bits per heavy atom. The van der Waals surface area contributed by atoms with Gasteiger partial charge in [0.05, 0.1) is 11.3 Å². The topological polar surface area (TPSA) is 77.3 Å². The third-order valence-corrected chi connectivity index (χ3v) is 5.37. The maximum Gasteiger partial charge on any atom is 0.214 e. The van der Waals surface area contributed by atoms with Gasteiger partial charge in [-0.1, -0.05) is 6.92 Å². The molecule has 0 unspecified atom stereocenters. The highest BCUT2D eigenvalue weighted by Crippen LogP contribution is 2.16. The standard InChI is InChI=1S/C13H18N4O2S/c1-2-9-20(18,19)17-7-5-16(6-8-17)13-4-3-12(10-14)11-15-13/h3-4,11H,2,5-9H2,1H3. The van der Waals surface area contributed by atoms with E-state index in [2.05, 4.69) is 4.98 Å². The molecule has 1 aliphatic rings. The van der Waals surface area contributed by atoms with Crippen LogP contribution in [0.1, 0.15) is 18.9 Å². The number of piperazine rings is 1. The summed E-state index contributed by atoms with van der Waals surface area (Å²) in [4.78, 5) is 6.27. The van der Waals surface area contributed by atoms with Crippen LogP contribution in [-0.4, -0.2) is 49.6 Å². The lowest BCUT2D eigenvalue weighted by Crippen LogP contribution is -2.49. The average molecular weight is 294 g/mol. The molecule has 1 aliphatic heterocycles. The third-order valence-electron chi connectivity index (χ3n) is 3.30. The molecule has 0 aliphatic carbocycles. The van der Waals surface area contributed by atoms with Crippen molar-refractivity contribution in [1.29, 1.82) is 5.26 Å². The zero-order valence-corrected chi connectivity index (χ0v) is 12.3. The average Bonchev–Trinajstić information content (AvgIpc) is 2.47. The maximum absolute atomic E-state index is 12.0. The molecule has 0 amide bonds. The summed E-state index contributed by atoms with van der Waals surface area (Å²) in [6.07, 6.45) is 2.18. The zero-order chi connectivity index (χ0) is 14.6. The molecule has 7 heteroatoms. The van der Waals surface area contributed by atoms with Crippen molar-refractivity contribution in [2.75, 3.05) is 36.8 Å². The van der Waals surface area contributed by atoms with Crippen LogP contribution in [0.25, 0.3) is 0 Å². The fourth-order valence-corrected chi connectivity index (χ4v) is 3.72. The summed E-state index contributed by atoms with van der Waals surface area (Å²) in [5.74, 6) is 0.999. The summed E-state index contributed by atoms with van der Waals surface area (Å²) < 4.78 is 25.5. The molecule has 108 valence electrons.